The Labute approximate surface area is 143 Å². The summed E-state index contributed by atoms with van der Waals surface area (Å²) in [5.74, 6) is 1.76. The third-order valence-corrected chi connectivity index (χ3v) is 6.42. The molecule has 1 nitrogen and oxygen atoms in total. The van der Waals surface area contributed by atoms with E-state index < -0.39 is 0 Å². The molecular formula is C19H24ClNS. The molecule has 3 heteroatoms. The lowest BCUT2D eigenvalue weighted by atomic mass is 9.79. The van der Waals surface area contributed by atoms with Crippen molar-refractivity contribution >= 4 is 39.4 Å². The van der Waals surface area contributed by atoms with Crippen LogP contribution in [0.15, 0.2) is 29.2 Å². The number of nitrogens with one attached hydrogen (secondary N) is 1. The van der Waals surface area contributed by atoms with Crippen LogP contribution in [0.2, 0.25) is 0 Å². The molecule has 0 radical (unpaired) electrons. The van der Waals surface area contributed by atoms with Crippen molar-refractivity contribution in [2.24, 2.45) is 11.8 Å². The molecule has 2 atom stereocenters. The average molecular weight is 334 g/mol. The van der Waals surface area contributed by atoms with Crippen LogP contribution >= 0.6 is 23.7 Å². The van der Waals surface area contributed by atoms with Gasteiger partial charge in [0.1, 0.15) is 0 Å². The highest BCUT2D eigenvalue weighted by molar-refractivity contribution is 7.17. The molecule has 2 unspecified atom stereocenters. The van der Waals surface area contributed by atoms with Gasteiger partial charge in [0.25, 0.3) is 0 Å². The topological polar surface area (TPSA) is 12.0 Å². The van der Waals surface area contributed by atoms with Gasteiger partial charge in [0, 0.05) is 11.2 Å². The minimum absolute atomic E-state index is 0. The van der Waals surface area contributed by atoms with Gasteiger partial charge >= 0.3 is 0 Å². The predicted molar refractivity (Wildman–Crippen MR) is 100 cm³/mol. The van der Waals surface area contributed by atoms with Crippen molar-refractivity contribution in [2.75, 3.05) is 13.6 Å². The van der Waals surface area contributed by atoms with E-state index in [4.69, 9.17) is 0 Å². The molecule has 1 fully saturated rings. The highest BCUT2D eigenvalue weighted by Crippen LogP contribution is 2.49. The van der Waals surface area contributed by atoms with Crippen LogP contribution in [-0.4, -0.2) is 13.6 Å². The molecule has 1 aromatic carbocycles. The minimum Gasteiger partial charge on any atom is -0.316 e. The number of allylic oxidation sites excluding steroid dienone is 1. The fraction of sp³-hybridized carbons (Fsp3) is 0.474. The fourth-order valence-electron chi connectivity index (χ4n) is 4.41. The van der Waals surface area contributed by atoms with Crippen LogP contribution < -0.4 is 5.32 Å². The van der Waals surface area contributed by atoms with Crippen LogP contribution in [0.3, 0.4) is 0 Å². The smallest absolute Gasteiger partial charge is 0.0345 e. The number of fused-ring (bicyclic) bond motifs is 3. The number of halogens is 1. The largest absolute Gasteiger partial charge is 0.316 e. The molecule has 0 aliphatic heterocycles. The van der Waals surface area contributed by atoms with E-state index in [0.29, 0.717) is 0 Å². The Morgan fingerprint density at radius 1 is 1.27 bits per heavy atom. The van der Waals surface area contributed by atoms with Crippen molar-refractivity contribution in [3.63, 3.8) is 0 Å². The lowest BCUT2D eigenvalue weighted by Crippen LogP contribution is -2.19. The van der Waals surface area contributed by atoms with Gasteiger partial charge in [-0.2, -0.15) is 0 Å². The Balaban J connectivity index is 0.00000144. The normalized spacial score (nSPS) is 23.9. The molecular weight excluding hydrogens is 310 g/mol. The Morgan fingerprint density at radius 2 is 2.14 bits per heavy atom. The Hall–Kier alpha value is -0.830. The fourth-order valence-corrected chi connectivity index (χ4v) is 5.34. The number of aryl methyl sites for hydroxylation is 1. The molecule has 2 bridgehead atoms. The quantitative estimate of drug-likeness (QED) is 0.790. The van der Waals surface area contributed by atoms with E-state index in [2.05, 4.69) is 42.9 Å². The summed E-state index contributed by atoms with van der Waals surface area (Å²) < 4.78 is 1.42. The van der Waals surface area contributed by atoms with Crippen LogP contribution in [0.5, 0.6) is 0 Å². The van der Waals surface area contributed by atoms with Gasteiger partial charge in [-0.25, -0.2) is 0 Å². The molecule has 22 heavy (non-hydrogen) atoms. The first-order chi connectivity index (χ1) is 10.3. The molecule has 0 amide bonds. The molecule has 1 saturated carbocycles. The first-order valence-electron chi connectivity index (χ1n) is 8.11. The zero-order valence-electron chi connectivity index (χ0n) is 13.3. The van der Waals surface area contributed by atoms with Crippen molar-refractivity contribution in [1.29, 1.82) is 0 Å². The molecule has 118 valence electrons. The van der Waals surface area contributed by atoms with Crippen molar-refractivity contribution in [2.45, 2.75) is 32.6 Å². The van der Waals surface area contributed by atoms with Crippen molar-refractivity contribution < 1.29 is 0 Å². The average Bonchev–Trinajstić information content (AvgIpc) is 3.04. The summed E-state index contributed by atoms with van der Waals surface area (Å²) in [6.45, 7) is 3.29. The number of benzene rings is 1. The lowest BCUT2D eigenvalue weighted by molar-refractivity contribution is 0.502. The summed E-state index contributed by atoms with van der Waals surface area (Å²) in [5, 5.41) is 7.13. The van der Waals surface area contributed by atoms with E-state index in [1.165, 1.54) is 46.9 Å². The molecule has 1 aromatic heterocycles. The second-order valence-electron chi connectivity index (χ2n) is 6.76. The van der Waals surface area contributed by atoms with E-state index in [-0.39, 0.29) is 12.4 Å². The molecule has 1 N–H and O–H groups in total. The Morgan fingerprint density at radius 3 is 2.95 bits per heavy atom. The summed E-state index contributed by atoms with van der Waals surface area (Å²) in [5.41, 5.74) is 6.25. The highest BCUT2D eigenvalue weighted by atomic mass is 35.5. The first-order valence-corrected chi connectivity index (χ1v) is 8.99. The van der Waals surface area contributed by atoms with Crippen LogP contribution in [0, 0.1) is 18.8 Å². The minimum atomic E-state index is 0. The highest BCUT2D eigenvalue weighted by Gasteiger charge is 2.34. The van der Waals surface area contributed by atoms with Crippen LogP contribution in [0.4, 0.5) is 0 Å². The second-order valence-corrected chi connectivity index (χ2v) is 7.67. The van der Waals surface area contributed by atoms with Crippen LogP contribution in [0.25, 0.3) is 15.7 Å². The summed E-state index contributed by atoms with van der Waals surface area (Å²) in [4.78, 5) is 0. The van der Waals surface area contributed by atoms with Gasteiger partial charge in [0.05, 0.1) is 0 Å². The summed E-state index contributed by atoms with van der Waals surface area (Å²) in [6.07, 6.45) is 5.56. The number of hydrogen-bond acceptors (Lipinski definition) is 2. The maximum absolute atomic E-state index is 3.39. The molecule has 2 aliphatic carbocycles. The van der Waals surface area contributed by atoms with Crippen molar-refractivity contribution in [3.8, 4) is 0 Å². The molecule has 2 aromatic rings. The number of hydrogen-bond donors (Lipinski definition) is 1. The molecule has 0 saturated heterocycles. The first kappa shape index (κ1) is 16.0. The van der Waals surface area contributed by atoms with Gasteiger partial charge in [0.15, 0.2) is 0 Å². The Bertz CT molecular complexity index is 715. The van der Waals surface area contributed by atoms with E-state index in [1.54, 1.807) is 11.1 Å². The molecule has 0 spiro atoms. The zero-order chi connectivity index (χ0) is 14.4. The summed E-state index contributed by atoms with van der Waals surface area (Å²) in [7, 11) is 2.08. The van der Waals surface area contributed by atoms with E-state index in [1.807, 2.05) is 11.3 Å². The van der Waals surface area contributed by atoms with Gasteiger partial charge in [-0.3, -0.25) is 0 Å². The maximum atomic E-state index is 3.39. The third kappa shape index (κ3) is 2.62. The number of rotatable bonds is 3. The lowest BCUT2D eigenvalue weighted by Gasteiger charge is -2.27. The standard InChI is InChI=1S/C19H23NS.ClH/c1-12-11-21-18-6-5-15(9-17(12)18)19-14-4-3-13(7-14)8-16(19)10-20-2;/h5-6,9,11,13-14,20H,3-4,7-8,10H2,1-2H3;1H. The number of likely N-dealkylation sites (N-methyl/N-ethyl adjacent to an activating group) is 1. The van der Waals surface area contributed by atoms with E-state index in [0.717, 1.165) is 18.4 Å². The maximum Gasteiger partial charge on any atom is 0.0345 e. The Kier molecular flexibility index (Phi) is 4.63. The van der Waals surface area contributed by atoms with Crippen LogP contribution in [-0.2, 0) is 0 Å². The van der Waals surface area contributed by atoms with Gasteiger partial charge in [-0.05, 0) is 91.1 Å². The van der Waals surface area contributed by atoms with E-state index >= 15 is 0 Å². The van der Waals surface area contributed by atoms with Crippen molar-refractivity contribution in [1.82, 2.24) is 5.32 Å². The monoisotopic (exact) mass is 333 g/mol. The summed E-state index contributed by atoms with van der Waals surface area (Å²) in [6, 6.07) is 7.14. The van der Waals surface area contributed by atoms with Gasteiger partial charge in [0.2, 0.25) is 0 Å². The van der Waals surface area contributed by atoms with E-state index in [9.17, 15) is 0 Å². The molecule has 4 rings (SSSR count). The van der Waals surface area contributed by atoms with Gasteiger partial charge < -0.3 is 5.32 Å². The van der Waals surface area contributed by atoms with Gasteiger partial charge in [-0.15, -0.1) is 23.7 Å². The molecule has 1 heterocycles. The van der Waals surface area contributed by atoms with Crippen LogP contribution in [0.1, 0.15) is 36.8 Å². The second kappa shape index (κ2) is 6.35. The summed E-state index contributed by atoms with van der Waals surface area (Å²) >= 11 is 1.87. The molecule has 2 aliphatic rings. The number of thiophene rings is 1. The third-order valence-electron chi connectivity index (χ3n) is 5.33. The predicted octanol–water partition coefficient (Wildman–Crippen LogP) is 5.42. The van der Waals surface area contributed by atoms with Gasteiger partial charge in [-0.1, -0.05) is 11.6 Å². The van der Waals surface area contributed by atoms with Crippen molar-refractivity contribution in [3.05, 3.63) is 40.3 Å². The zero-order valence-corrected chi connectivity index (χ0v) is 14.9. The SMILES string of the molecule is CNCC1=C(c2ccc3scc(C)c3c2)C2CCC(C1)C2.Cl.